The first-order chi connectivity index (χ1) is 12.4. The molecule has 2 aromatic carbocycles. The van der Waals surface area contributed by atoms with Crippen molar-refractivity contribution in [3.05, 3.63) is 58.1 Å². The molecule has 1 fully saturated rings. The lowest BCUT2D eigenvalue weighted by Gasteiger charge is -2.31. The van der Waals surface area contributed by atoms with Crippen LogP contribution >= 0.6 is 15.9 Å². The zero-order valence-corrected chi connectivity index (χ0v) is 16.7. The molecule has 0 radical (unpaired) electrons. The Morgan fingerprint density at radius 2 is 1.69 bits per heavy atom. The lowest BCUT2D eigenvalue weighted by molar-refractivity contribution is 0.182. The molecule has 1 N–H and O–H groups in total. The molecule has 0 amide bonds. The second kappa shape index (κ2) is 8.18. The van der Waals surface area contributed by atoms with E-state index in [-0.39, 0.29) is 0 Å². The van der Waals surface area contributed by atoms with Crippen LogP contribution < -0.4 is 0 Å². The third-order valence-corrected chi connectivity index (χ3v) is 6.40. The summed E-state index contributed by atoms with van der Waals surface area (Å²) in [6, 6.07) is 5.80. The van der Waals surface area contributed by atoms with Crippen molar-refractivity contribution in [2.24, 2.45) is 11.8 Å². The number of aliphatic hydroxyl groups excluding tert-OH is 1. The smallest absolute Gasteiger partial charge is 0.159 e. The van der Waals surface area contributed by atoms with Gasteiger partial charge in [0, 0.05) is 4.47 Å². The van der Waals surface area contributed by atoms with Crippen molar-refractivity contribution in [2.75, 3.05) is 0 Å². The maximum atomic E-state index is 13.6. The van der Waals surface area contributed by atoms with Gasteiger partial charge in [-0.2, -0.15) is 0 Å². The van der Waals surface area contributed by atoms with Gasteiger partial charge in [-0.1, -0.05) is 42.3 Å². The van der Waals surface area contributed by atoms with Gasteiger partial charge in [-0.15, -0.1) is 0 Å². The fraction of sp³-hybridized carbons (Fsp3) is 0.455. The van der Waals surface area contributed by atoms with E-state index in [2.05, 4.69) is 29.4 Å². The Bertz CT molecular complexity index is 809. The van der Waals surface area contributed by atoms with Crippen LogP contribution in [0.25, 0.3) is 10.8 Å². The summed E-state index contributed by atoms with van der Waals surface area (Å²) in [6.07, 6.45) is 6.19. The summed E-state index contributed by atoms with van der Waals surface area (Å²) in [7, 11) is 0. The molecule has 3 rings (SSSR count). The minimum absolute atomic E-state index is 0.311. The van der Waals surface area contributed by atoms with Crippen molar-refractivity contribution in [3.8, 4) is 0 Å². The highest BCUT2D eigenvalue weighted by molar-refractivity contribution is 9.10. The van der Waals surface area contributed by atoms with Gasteiger partial charge in [0.05, 0.1) is 0 Å². The van der Waals surface area contributed by atoms with Gasteiger partial charge in [0.15, 0.2) is 11.6 Å². The Labute approximate surface area is 162 Å². The average Bonchev–Trinajstić information content (AvgIpc) is 2.62. The number of aliphatic hydroxyl groups is 1. The summed E-state index contributed by atoms with van der Waals surface area (Å²) in [5.74, 6) is -0.642. The summed E-state index contributed by atoms with van der Waals surface area (Å²) < 4.78 is 27.7. The number of fused-ring (bicyclic) bond motifs is 1. The zero-order valence-electron chi connectivity index (χ0n) is 15.1. The number of benzene rings is 2. The van der Waals surface area contributed by atoms with Gasteiger partial charge in [-0.25, -0.2) is 8.78 Å². The minimum atomic E-state index is -0.881. The van der Waals surface area contributed by atoms with E-state index in [0.717, 1.165) is 24.3 Å². The molecule has 2 aromatic rings. The van der Waals surface area contributed by atoms with E-state index >= 15 is 0 Å². The van der Waals surface area contributed by atoms with Gasteiger partial charge in [-0.05, 0) is 83.7 Å². The van der Waals surface area contributed by atoms with Crippen LogP contribution in [0.2, 0.25) is 0 Å². The zero-order chi connectivity index (χ0) is 18.8. The molecule has 1 unspecified atom stereocenters. The summed E-state index contributed by atoms with van der Waals surface area (Å²) in [6.45, 7) is 6.40. The van der Waals surface area contributed by atoms with Crippen LogP contribution in [0.4, 0.5) is 8.78 Å². The minimum Gasteiger partial charge on any atom is -0.384 e. The Balaban J connectivity index is 1.80. The molecule has 0 spiro atoms. The van der Waals surface area contributed by atoms with E-state index in [9.17, 15) is 13.9 Å². The van der Waals surface area contributed by atoms with Crippen LogP contribution in [0.3, 0.4) is 0 Å². The first-order valence-corrected chi connectivity index (χ1v) is 10.1. The van der Waals surface area contributed by atoms with Crippen LogP contribution in [-0.2, 0) is 0 Å². The summed E-state index contributed by atoms with van der Waals surface area (Å²) in [5.41, 5.74) is 1.48. The van der Waals surface area contributed by atoms with Gasteiger partial charge >= 0.3 is 0 Å². The summed E-state index contributed by atoms with van der Waals surface area (Å²) in [4.78, 5) is 0. The molecule has 26 heavy (non-hydrogen) atoms. The maximum absolute atomic E-state index is 13.6. The van der Waals surface area contributed by atoms with Crippen molar-refractivity contribution in [3.63, 3.8) is 0 Å². The highest BCUT2D eigenvalue weighted by Gasteiger charge is 2.27. The van der Waals surface area contributed by atoms with Crippen molar-refractivity contribution in [1.29, 1.82) is 0 Å². The van der Waals surface area contributed by atoms with E-state index in [1.807, 2.05) is 0 Å². The first kappa shape index (κ1) is 19.5. The van der Waals surface area contributed by atoms with Crippen molar-refractivity contribution in [2.45, 2.75) is 51.6 Å². The highest BCUT2D eigenvalue weighted by Crippen LogP contribution is 2.41. The lowest BCUT2D eigenvalue weighted by atomic mass is 9.75. The highest BCUT2D eigenvalue weighted by atomic mass is 79.9. The van der Waals surface area contributed by atoms with Gasteiger partial charge in [-0.3, -0.25) is 0 Å². The number of hydrogen-bond acceptors (Lipinski definition) is 1. The SMILES string of the molecule is C=C(C1CCC(CCC)CC1)C(O)c1cc2cc(F)c(F)cc2cc1Br. The predicted molar refractivity (Wildman–Crippen MR) is 106 cm³/mol. The molecule has 4 heteroatoms. The fourth-order valence-corrected chi connectivity index (χ4v) is 4.72. The molecule has 0 aromatic heterocycles. The standard InChI is InChI=1S/C22H25BrF2O/c1-3-4-14-5-7-15(8-6-14)13(2)22(26)18-9-16-11-20(24)21(25)12-17(16)10-19(18)23/h9-12,14-15,22,26H,2-8H2,1H3. The van der Waals surface area contributed by atoms with E-state index in [4.69, 9.17) is 0 Å². The van der Waals surface area contributed by atoms with E-state index < -0.39 is 17.7 Å². The second-order valence-corrected chi connectivity index (χ2v) is 8.33. The van der Waals surface area contributed by atoms with E-state index in [1.54, 1.807) is 12.1 Å². The molecule has 0 saturated heterocycles. The molecule has 1 nitrogen and oxygen atoms in total. The molecule has 0 bridgehead atoms. The molecule has 140 valence electrons. The Kier molecular flexibility index (Phi) is 6.13. The molecule has 1 atom stereocenters. The van der Waals surface area contributed by atoms with Crippen LogP contribution in [0.5, 0.6) is 0 Å². The lowest BCUT2D eigenvalue weighted by Crippen LogP contribution is -2.19. The number of rotatable bonds is 5. The maximum Gasteiger partial charge on any atom is 0.159 e. The number of hydrogen-bond donors (Lipinski definition) is 1. The van der Waals surface area contributed by atoms with Gasteiger partial charge in [0.2, 0.25) is 0 Å². The molecule has 1 saturated carbocycles. The molecule has 0 aliphatic heterocycles. The first-order valence-electron chi connectivity index (χ1n) is 9.35. The molecule has 1 aliphatic carbocycles. The normalized spacial score (nSPS) is 21.7. The van der Waals surface area contributed by atoms with Crippen LogP contribution in [-0.4, -0.2) is 5.11 Å². The molecule has 0 heterocycles. The third-order valence-electron chi connectivity index (χ3n) is 5.71. The van der Waals surface area contributed by atoms with Crippen LogP contribution in [0.15, 0.2) is 40.9 Å². The second-order valence-electron chi connectivity index (χ2n) is 7.47. The predicted octanol–water partition coefficient (Wildman–Crippen LogP) is 7.08. The Morgan fingerprint density at radius 3 is 2.27 bits per heavy atom. The van der Waals surface area contributed by atoms with Gasteiger partial charge in [0.25, 0.3) is 0 Å². The topological polar surface area (TPSA) is 20.2 Å². The van der Waals surface area contributed by atoms with Crippen molar-refractivity contribution >= 4 is 26.7 Å². The number of halogens is 3. The van der Waals surface area contributed by atoms with Crippen molar-refractivity contribution in [1.82, 2.24) is 0 Å². The van der Waals surface area contributed by atoms with E-state index in [0.29, 0.717) is 26.7 Å². The Hall–Kier alpha value is -1.26. The van der Waals surface area contributed by atoms with Crippen LogP contribution in [0.1, 0.15) is 57.1 Å². The fourth-order valence-electron chi connectivity index (χ4n) is 4.15. The molecular weight excluding hydrogens is 398 g/mol. The van der Waals surface area contributed by atoms with E-state index in [1.165, 1.54) is 37.8 Å². The van der Waals surface area contributed by atoms with Crippen LogP contribution in [0, 0.1) is 23.5 Å². The Morgan fingerprint density at radius 1 is 1.12 bits per heavy atom. The summed E-state index contributed by atoms with van der Waals surface area (Å²) in [5, 5.41) is 12.0. The van der Waals surface area contributed by atoms with Gasteiger partial charge < -0.3 is 5.11 Å². The largest absolute Gasteiger partial charge is 0.384 e. The molecular formula is C22H25BrF2O. The monoisotopic (exact) mass is 422 g/mol. The average molecular weight is 423 g/mol. The third kappa shape index (κ3) is 4.01. The van der Waals surface area contributed by atoms with Gasteiger partial charge in [0.1, 0.15) is 6.10 Å². The van der Waals surface area contributed by atoms with Crippen molar-refractivity contribution < 1.29 is 13.9 Å². The molecule has 1 aliphatic rings. The quantitative estimate of drug-likeness (QED) is 0.510. The summed E-state index contributed by atoms with van der Waals surface area (Å²) >= 11 is 3.47.